The van der Waals surface area contributed by atoms with Crippen LogP contribution in [0, 0.1) is 0 Å². The van der Waals surface area contributed by atoms with Gasteiger partial charge in [-0.05, 0) is 37.0 Å². The lowest BCUT2D eigenvalue weighted by Crippen LogP contribution is -2.15. The van der Waals surface area contributed by atoms with Crippen molar-refractivity contribution < 1.29 is 56.9 Å². The van der Waals surface area contributed by atoms with Gasteiger partial charge in [0.1, 0.15) is 19.0 Å². The molecule has 12 heteroatoms. The van der Waals surface area contributed by atoms with Gasteiger partial charge in [-0.15, -0.1) is 0 Å². The van der Waals surface area contributed by atoms with E-state index in [1.165, 1.54) is 115 Å². The molecule has 364 valence electrons. The number of esters is 1. The highest BCUT2D eigenvalue weighted by molar-refractivity contribution is 5.69. The zero-order valence-corrected chi connectivity index (χ0v) is 39.7. The maximum Gasteiger partial charge on any atom is 0.305 e. The molecule has 0 aliphatic heterocycles. The zero-order valence-electron chi connectivity index (χ0n) is 39.7. The molecule has 0 N–H and O–H groups in total. The summed E-state index contributed by atoms with van der Waals surface area (Å²) in [5, 5.41) is 0. The van der Waals surface area contributed by atoms with Gasteiger partial charge in [-0.2, -0.15) is 0 Å². The monoisotopic (exact) mass is 885 g/mol. The lowest BCUT2D eigenvalue weighted by atomic mass is 10.0. The Labute approximate surface area is 378 Å². The first-order chi connectivity index (χ1) is 30.8. The number of carbonyl (C=O) groups excluding carboxylic acids is 1. The Morgan fingerprint density at radius 1 is 0.339 bits per heavy atom. The molecule has 1 aromatic rings. The molecule has 0 bridgehead atoms. The predicted molar refractivity (Wildman–Crippen MR) is 248 cm³/mol. The van der Waals surface area contributed by atoms with E-state index in [9.17, 15) is 4.79 Å². The number of ether oxygens (including phenoxy) is 11. The van der Waals surface area contributed by atoms with E-state index in [0.717, 1.165) is 25.0 Å². The van der Waals surface area contributed by atoms with Crippen molar-refractivity contribution in [1.82, 2.24) is 0 Å². The normalized spacial score (nSPS) is 11.5. The van der Waals surface area contributed by atoms with Gasteiger partial charge in [0.15, 0.2) is 0 Å². The van der Waals surface area contributed by atoms with Gasteiger partial charge in [-0.3, -0.25) is 4.79 Å². The van der Waals surface area contributed by atoms with Gasteiger partial charge in [0, 0.05) is 6.42 Å². The van der Waals surface area contributed by atoms with Crippen LogP contribution in [0.1, 0.15) is 148 Å². The van der Waals surface area contributed by atoms with Crippen LogP contribution in [0.2, 0.25) is 0 Å². The summed E-state index contributed by atoms with van der Waals surface area (Å²) < 4.78 is 60.9. The fraction of sp³-hybridized carbons (Fsp3) is 0.860. The maximum atomic E-state index is 11.9. The minimum Gasteiger partial charge on any atom is -0.491 e. The fourth-order valence-corrected chi connectivity index (χ4v) is 6.52. The summed E-state index contributed by atoms with van der Waals surface area (Å²) in [6, 6.07) is 8.44. The van der Waals surface area contributed by atoms with E-state index in [-0.39, 0.29) is 12.6 Å². The maximum absolute atomic E-state index is 11.9. The Kier molecular flexibility index (Phi) is 47.0. The van der Waals surface area contributed by atoms with Crippen molar-refractivity contribution in [2.45, 2.75) is 149 Å². The fourth-order valence-electron chi connectivity index (χ4n) is 6.52. The van der Waals surface area contributed by atoms with Gasteiger partial charge in [0.2, 0.25) is 0 Å². The highest BCUT2D eigenvalue weighted by Gasteiger charge is 2.04. The van der Waals surface area contributed by atoms with Crippen LogP contribution in [0.5, 0.6) is 5.75 Å². The molecule has 0 aromatic heterocycles. The third-order valence-corrected chi connectivity index (χ3v) is 10.2. The molecule has 0 saturated heterocycles. The van der Waals surface area contributed by atoms with Gasteiger partial charge in [0.25, 0.3) is 0 Å². The molecule has 0 aliphatic carbocycles. The van der Waals surface area contributed by atoms with Crippen molar-refractivity contribution in [3.8, 4) is 5.75 Å². The summed E-state index contributed by atoms with van der Waals surface area (Å²) in [6.07, 6.45) is 26.4. The quantitative estimate of drug-likeness (QED) is 0.0458. The van der Waals surface area contributed by atoms with Crippen molar-refractivity contribution in [3.63, 3.8) is 0 Å². The van der Waals surface area contributed by atoms with Crippen LogP contribution in [0.4, 0.5) is 0 Å². The largest absolute Gasteiger partial charge is 0.491 e. The summed E-state index contributed by atoms with van der Waals surface area (Å²) in [7, 11) is 0. The summed E-state index contributed by atoms with van der Waals surface area (Å²) in [4.78, 5) is 11.9. The number of hydrogen-bond acceptors (Lipinski definition) is 12. The molecule has 1 aromatic carbocycles. The topological polar surface area (TPSA) is 119 Å². The van der Waals surface area contributed by atoms with Crippen LogP contribution in [0.25, 0.3) is 0 Å². The van der Waals surface area contributed by atoms with Gasteiger partial charge >= 0.3 is 5.97 Å². The smallest absolute Gasteiger partial charge is 0.305 e. The first-order valence-electron chi connectivity index (χ1n) is 24.8. The van der Waals surface area contributed by atoms with Crippen LogP contribution in [0.3, 0.4) is 0 Å². The molecule has 62 heavy (non-hydrogen) atoms. The lowest BCUT2D eigenvalue weighted by molar-refractivity contribution is -0.145. The SMILES string of the molecule is CCCCCCCCCCCCCCCC(=O)OCCOCCOCCOCCOCCOCCOCCOCCOCCOCCOc1ccc(CCCCCCCC)cc1. The Morgan fingerprint density at radius 2 is 0.629 bits per heavy atom. The molecular weight excluding hydrogens is 793 g/mol. The number of benzene rings is 1. The van der Waals surface area contributed by atoms with E-state index in [0.29, 0.717) is 132 Å². The number of aryl methyl sites for hydroxylation is 1. The molecule has 0 saturated carbocycles. The summed E-state index contributed by atoms with van der Waals surface area (Å²) in [6.45, 7) is 14.3. The van der Waals surface area contributed by atoms with Gasteiger partial charge in [-0.25, -0.2) is 0 Å². The molecule has 0 fully saturated rings. The van der Waals surface area contributed by atoms with Crippen LogP contribution >= 0.6 is 0 Å². The molecule has 1 rings (SSSR count). The molecule has 0 amide bonds. The van der Waals surface area contributed by atoms with Crippen molar-refractivity contribution >= 4 is 5.97 Å². The third kappa shape index (κ3) is 44.7. The number of carbonyl (C=O) groups is 1. The van der Waals surface area contributed by atoms with Crippen molar-refractivity contribution in [3.05, 3.63) is 29.8 Å². The Hall–Kier alpha value is -1.87. The second-order valence-corrected chi connectivity index (χ2v) is 15.7. The van der Waals surface area contributed by atoms with Crippen LogP contribution in [-0.2, 0) is 58.6 Å². The number of rotatable bonds is 52. The van der Waals surface area contributed by atoms with E-state index < -0.39 is 0 Å². The minimum absolute atomic E-state index is 0.130. The average molecular weight is 885 g/mol. The standard InChI is InChI=1S/C50H92O12/c1-3-5-7-9-11-12-13-14-15-16-17-19-21-23-50(51)62-47-45-60-43-41-58-39-37-56-35-33-54-31-29-52-28-30-53-32-34-55-36-38-57-40-42-59-44-46-61-49-26-24-48(25-27-49)22-20-18-10-8-6-4-2/h24-27H,3-23,28-47H2,1-2H3. The Balaban J connectivity index is 1.67. The summed E-state index contributed by atoms with van der Waals surface area (Å²) >= 11 is 0. The first-order valence-corrected chi connectivity index (χ1v) is 24.8. The third-order valence-electron chi connectivity index (χ3n) is 10.2. The number of hydrogen-bond donors (Lipinski definition) is 0. The van der Waals surface area contributed by atoms with E-state index >= 15 is 0 Å². The van der Waals surface area contributed by atoms with Gasteiger partial charge < -0.3 is 52.1 Å². The van der Waals surface area contributed by atoms with E-state index in [2.05, 4.69) is 38.1 Å². The highest BCUT2D eigenvalue weighted by atomic mass is 16.6. The van der Waals surface area contributed by atoms with Crippen LogP contribution in [0.15, 0.2) is 24.3 Å². The summed E-state index contributed by atoms with van der Waals surface area (Å²) in [5.74, 6) is 0.754. The lowest BCUT2D eigenvalue weighted by Gasteiger charge is -2.09. The molecule has 0 radical (unpaired) electrons. The first kappa shape index (κ1) is 58.1. The van der Waals surface area contributed by atoms with E-state index in [1.807, 2.05) is 0 Å². The molecule has 0 unspecified atom stereocenters. The average Bonchev–Trinajstić information content (AvgIpc) is 3.28. The molecular formula is C50H92O12. The van der Waals surface area contributed by atoms with E-state index in [1.54, 1.807) is 0 Å². The molecule has 0 spiro atoms. The highest BCUT2D eigenvalue weighted by Crippen LogP contribution is 2.16. The Bertz CT molecular complexity index is 1010. The minimum atomic E-state index is -0.130. The van der Waals surface area contributed by atoms with E-state index in [4.69, 9.17) is 52.1 Å². The Morgan fingerprint density at radius 3 is 0.984 bits per heavy atom. The van der Waals surface area contributed by atoms with Crippen LogP contribution in [-0.4, -0.2) is 138 Å². The molecule has 12 nitrogen and oxygen atoms in total. The predicted octanol–water partition coefficient (Wildman–Crippen LogP) is 10.1. The second-order valence-electron chi connectivity index (χ2n) is 15.7. The van der Waals surface area contributed by atoms with Gasteiger partial charge in [0.05, 0.1) is 119 Å². The van der Waals surface area contributed by atoms with Crippen molar-refractivity contribution in [2.24, 2.45) is 0 Å². The molecule has 0 aliphatic rings. The van der Waals surface area contributed by atoms with Crippen molar-refractivity contribution in [2.75, 3.05) is 132 Å². The van der Waals surface area contributed by atoms with Gasteiger partial charge in [-0.1, -0.05) is 135 Å². The van der Waals surface area contributed by atoms with Crippen LogP contribution < -0.4 is 4.74 Å². The molecule has 0 atom stereocenters. The second kappa shape index (κ2) is 50.1. The zero-order chi connectivity index (χ0) is 44.3. The number of unbranched alkanes of at least 4 members (excludes halogenated alkanes) is 17. The molecule has 0 heterocycles. The summed E-state index contributed by atoms with van der Waals surface area (Å²) in [5.41, 5.74) is 1.38. The van der Waals surface area contributed by atoms with Crippen molar-refractivity contribution in [1.29, 1.82) is 0 Å².